The third-order valence-electron chi connectivity index (χ3n) is 3.66. The normalized spacial score (nSPS) is 30.9. The van der Waals surface area contributed by atoms with Crippen molar-refractivity contribution in [3.8, 4) is 0 Å². The van der Waals surface area contributed by atoms with Crippen molar-refractivity contribution in [3.63, 3.8) is 0 Å². The van der Waals surface area contributed by atoms with E-state index >= 15 is 0 Å². The van der Waals surface area contributed by atoms with Crippen molar-refractivity contribution in [3.05, 3.63) is 12.2 Å². The van der Waals surface area contributed by atoms with Crippen molar-refractivity contribution in [1.82, 2.24) is 0 Å². The molecule has 1 amide bonds. The molecule has 96 valence electrons. The number of allylic oxidation sites excluding steroid dienone is 2. The average Bonchev–Trinajstić information content (AvgIpc) is 2.95. The Kier molecular flexibility index (Phi) is 4.86. The van der Waals surface area contributed by atoms with Crippen LogP contribution in [0.1, 0.15) is 26.2 Å². The Hall–Kier alpha value is -0.0900. The van der Waals surface area contributed by atoms with Crippen LogP contribution in [0, 0.1) is 17.8 Å². The molecule has 1 saturated heterocycles. The van der Waals surface area contributed by atoms with Gasteiger partial charge in [-0.1, -0.05) is 19.1 Å². The molecular formula is C13H21NOS2. The Labute approximate surface area is 112 Å². The zero-order chi connectivity index (χ0) is 12.3. The molecule has 1 heterocycles. The second-order valence-electron chi connectivity index (χ2n) is 5.04. The highest BCUT2D eigenvalue weighted by molar-refractivity contribution is 8.20. The summed E-state index contributed by atoms with van der Waals surface area (Å²) in [6.45, 7) is 1.93. The van der Waals surface area contributed by atoms with E-state index in [2.05, 4.69) is 35.7 Å². The Morgan fingerprint density at radius 3 is 2.76 bits per heavy atom. The third kappa shape index (κ3) is 3.68. The standard InChI is InChI=1S/C13H21NOS2/c1-9(12(14)15)2-3-10-4-5-11(8-10)13-16-6-7-17-13/h4-5,9-11,13H,2-3,6-8H2,1H3,(H2,14,15). The van der Waals surface area contributed by atoms with Gasteiger partial charge in [-0.15, -0.1) is 23.5 Å². The van der Waals surface area contributed by atoms with Gasteiger partial charge in [0, 0.05) is 17.4 Å². The highest BCUT2D eigenvalue weighted by Gasteiger charge is 2.29. The predicted molar refractivity (Wildman–Crippen MR) is 77.0 cm³/mol. The van der Waals surface area contributed by atoms with Crippen LogP contribution in [0.25, 0.3) is 0 Å². The van der Waals surface area contributed by atoms with Crippen molar-refractivity contribution < 1.29 is 4.79 Å². The van der Waals surface area contributed by atoms with Gasteiger partial charge in [-0.05, 0) is 31.1 Å². The van der Waals surface area contributed by atoms with Gasteiger partial charge in [0.15, 0.2) is 0 Å². The molecule has 0 radical (unpaired) electrons. The van der Waals surface area contributed by atoms with E-state index in [0.29, 0.717) is 5.92 Å². The van der Waals surface area contributed by atoms with Gasteiger partial charge in [0.2, 0.25) is 5.91 Å². The minimum atomic E-state index is -0.162. The molecule has 0 aromatic heterocycles. The van der Waals surface area contributed by atoms with Gasteiger partial charge in [-0.25, -0.2) is 0 Å². The summed E-state index contributed by atoms with van der Waals surface area (Å²) in [5.74, 6) is 3.90. The first-order valence-electron chi connectivity index (χ1n) is 6.37. The molecule has 2 aliphatic rings. The van der Waals surface area contributed by atoms with Gasteiger partial charge in [-0.2, -0.15) is 0 Å². The lowest BCUT2D eigenvalue weighted by Crippen LogP contribution is -2.21. The van der Waals surface area contributed by atoms with Gasteiger partial charge in [0.05, 0.1) is 4.58 Å². The fraction of sp³-hybridized carbons (Fsp3) is 0.769. The fourth-order valence-electron chi connectivity index (χ4n) is 2.45. The Morgan fingerprint density at radius 1 is 1.41 bits per heavy atom. The topological polar surface area (TPSA) is 43.1 Å². The fourth-order valence-corrected chi connectivity index (χ4v) is 5.55. The number of hydrogen-bond donors (Lipinski definition) is 1. The summed E-state index contributed by atoms with van der Waals surface area (Å²) in [7, 11) is 0. The SMILES string of the molecule is CC(CCC1C=CC(C2SCCS2)C1)C(N)=O. The zero-order valence-electron chi connectivity index (χ0n) is 10.3. The molecule has 2 nitrogen and oxygen atoms in total. The lowest BCUT2D eigenvalue weighted by Gasteiger charge is -2.17. The average molecular weight is 271 g/mol. The van der Waals surface area contributed by atoms with Crippen molar-refractivity contribution in [1.29, 1.82) is 0 Å². The molecule has 0 saturated carbocycles. The first-order valence-corrected chi connectivity index (χ1v) is 8.47. The van der Waals surface area contributed by atoms with Crippen LogP contribution in [0.2, 0.25) is 0 Å². The number of thioether (sulfide) groups is 2. The van der Waals surface area contributed by atoms with Crippen LogP contribution in [0.4, 0.5) is 0 Å². The van der Waals surface area contributed by atoms with E-state index in [9.17, 15) is 4.79 Å². The van der Waals surface area contributed by atoms with E-state index in [1.807, 2.05) is 6.92 Å². The number of primary amides is 1. The van der Waals surface area contributed by atoms with E-state index < -0.39 is 0 Å². The van der Waals surface area contributed by atoms with Gasteiger partial charge < -0.3 is 5.73 Å². The molecule has 3 atom stereocenters. The van der Waals surface area contributed by atoms with E-state index in [4.69, 9.17) is 5.73 Å². The second-order valence-corrected chi connectivity index (χ2v) is 7.83. The maximum Gasteiger partial charge on any atom is 0.220 e. The van der Waals surface area contributed by atoms with Crippen LogP contribution < -0.4 is 5.73 Å². The lowest BCUT2D eigenvalue weighted by atomic mass is 9.94. The van der Waals surface area contributed by atoms with Crippen molar-refractivity contribution in [2.24, 2.45) is 23.5 Å². The van der Waals surface area contributed by atoms with Crippen molar-refractivity contribution >= 4 is 29.4 Å². The number of carbonyl (C=O) groups is 1. The molecule has 0 spiro atoms. The zero-order valence-corrected chi connectivity index (χ0v) is 11.9. The Balaban J connectivity index is 1.71. The number of amides is 1. The molecule has 2 rings (SSSR count). The monoisotopic (exact) mass is 271 g/mol. The van der Waals surface area contributed by atoms with Crippen LogP contribution in [0.3, 0.4) is 0 Å². The Morgan fingerprint density at radius 2 is 2.12 bits per heavy atom. The second kappa shape index (κ2) is 6.19. The quantitative estimate of drug-likeness (QED) is 0.782. The number of nitrogens with two attached hydrogens (primary N) is 1. The van der Waals surface area contributed by atoms with Gasteiger partial charge in [0.1, 0.15) is 0 Å². The van der Waals surface area contributed by atoms with Gasteiger partial charge >= 0.3 is 0 Å². The summed E-state index contributed by atoms with van der Waals surface area (Å²) < 4.78 is 0.782. The first kappa shape index (κ1) is 13.3. The smallest absolute Gasteiger partial charge is 0.220 e. The first-order chi connectivity index (χ1) is 8.16. The predicted octanol–water partition coefficient (Wildman–Crippen LogP) is 2.89. The molecule has 1 aliphatic carbocycles. The highest BCUT2D eigenvalue weighted by Crippen LogP contribution is 2.43. The summed E-state index contributed by atoms with van der Waals surface area (Å²) in [4.78, 5) is 11.0. The number of hydrogen-bond acceptors (Lipinski definition) is 3. The Bertz CT molecular complexity index is 300. The van der Waals surface area contributed by atoms with E-state index in [1.54, 1.807) is 0 Å². The van der Waals surface area contributed by atoms with Crippen molar-refractivity contribution in [2.45, 2.75) is 30.8 Å². The molecule has 0 aromatic rings. The van der Waals surface area contributed by atoms with Crippen LogP contribution in [-0.2, 0) is 4.79 Å². The van der Waals surface area contributed by atoms with E-state index in [1.165, 1.54) is 17.9 Å². The molecular weight excluding hydrogens is 250 g/mol. The maximum absolute atomic E-state index is 11.0. The molecule has 3 unspecified atom stereocenters. The molecule has 1 fully saturated rings. The molecule has 17 heavy (non-hydrogen) atoms. The van der Waals surface area contributed by atoms with E-state index in [0.717, 1.165) is 23.3 Å². The largest absolute Gasteiger partial charge is 0.369 e. The number of rotatable bonds is 5. The third-order valence-corrected chi connectivity index (χ3v) is 6.97. The summed E-state index contributed by atoms with van der Waals surface area (Å²) in [6, 6.07) is 0. The summed E-state index contributed by atoms with van der Waals surface area (Å²) in [5.41, 5.74) is 5.28. The van der Waals surface area contributed by atoms with Crippen LogP contribution in [0.15, 0.2) is 12.2 Å². The minimum Gasteiger partial charge on any atom is -0.369 e. The van der Waals surface area contributed by atoms with E-state index in [-0.39, 0.29) is 11.8 Å². The molecule has 1 aliphatic heterocycles. The summed E-state index contributed by atoms with van der Waals surface area (Å²) in [6.07, 6.45) is 8.07. The van der Waals surface area contributed by atoms with Crippen molar-refractivity contribution in [2.75, 3.05) is 11.5 Å². The molecule has 0 bridgehead atoms. The molecule has 0 aromatic carbocycles. The summed E-state index contributed by atoms with van der Waals surface area (Å²) in [5, 5.41) is 0. The lowest BCUT2D eigenvalue weighted by molar-refractivity contribution is -0.121. The summed E-state index contributed by atoms with van der Waals surface area (Å²) >= 11 is 4.22. The van der Waals surface area contributed by atoms with Crippen LogP contribution >= 0.6 is 23.5 Å². The highest BCUT2D eigenvalue weighted by atomic mass is 32.2. The van der Waals surface area contributed by atoms with Gasteiger partial charge in [-0.3, -0.25) is 4.79 Å². The maximum atomic E-state index is 11.0. The van der Waals surface area contributed by atoms with Gasteiger partial charge in [0.25, 0.3) is 0 Å². The number of carbonyl (C=O) groups excluding carboxylic acids is 1. The molecule has 4 heteroatoms. The van der Waals surface area contributed by atoms with Crippen LogP contribution in [0.5, 0.6) is 0 Å². The minimum absolute atomic E-state index is 0.0256. The molecule has 2 N–H and O–H groups in total. The van der Waals surface area contributed by atoms with Crippen LogP contribution in [-0.4, -0.2) is 22.0 Å².